The first-order valence-electron chi connectivity index (χ1n) is 21.6. The summed E-state index contributed by atoms with van der Waals surface area (Å²) in [6.45, 7) is 0. The predicted molar refractivity (Wildman–Crippen MR) is 232 cm³/mol. The maximum atomic E-state index is 14.2. The first-order valence-corrected chi connectivity index (χ1v) is 23.8. The third kappa shape index (κ3) is 15.3. The number of halogens is 24. The molecular weight excluding hydrogens is 1130 g/mol. The van der Waals surface area contributed by atoms with E-state index in [4.69, 9.17) is 9.47 Å². The summed E-state index contributed by atoms with van der Waals surface area (Å²) in [7, 11) is 2.74. The van der Waals surface area contributed by atoms with Crippen molar-refractivity contribution in [1.29, 1.82) is 0 Å². The van der Waals surface area contributed by atoms with E-state index in [2.05, 4.69) is 12.5 Å². The van der Waals surface area contributed by atoms with Crippen LogP contribution in [0.25, 0.3) is 0 Å². The molecule has 0 radical (unpaired) electrons. The van der Waals surface area contributed by atoms with Crippen molar-refractivity contribution in [2.45, 2.75) is 81.5 Å². The molecule has 0 atom stereocenters. The fourth-order valence-electron chi connectivity index (χ4n) is 8.78. The van der Waals surface area contributed by atoms with E-state index in [0.29, 0.717) is 5.92 Å². The first kappa shape index (κ1) is 63.8. The van der Waals surface area contributed by atoms with Gasteiger partial charge in [-0.15, -0.1) is 0 Å². The monoisotopic (exact) mass is 1160 g/mol. The van der Waals surface area contributed by atoms with Gasteiger partial charge in [-0.3, -0.25) is 0 Å². The summed E-state index contributed by atoms with van der Waals surface area (Å²) < 4.78 is 350. The third-order valence-corrected chi connectivity index (χ3v) is 13.0. The Labute approximate surface area is 423 Å². The molecule has 0 heterocycles. The molecular formula is C47H37BF24O4S. The summed E-state index contributed by atoms with van der Waals surface area (Å²) >= 11 is 0. The number of esters is 2. The molecule has 4 aromatic carbocycles. The van der Waals surface area contributed by atoms with Crippen molar-refractivity contribution < 1.29 is 124 Å². The standard InChI is InChI=1S/C32H12BF24.C15H25O4S/c34-25(35,36)13-1-14(26(37,38)39)6-21(5-13)33(22-7-15(27(40,41)42)2-16(8-22)28(43,44)45,23-9-17(29(46,47)48)3-18(10-23)30(49,50)51)24-11-19(31(52,53)54)4-20(12-24)32(55,56)57;1-18-14(16)13(15(17)19-2)12(10-20(3)4)11-8-6-5-7-9-11/h1-12H;11H,5-10H2,1-4H3/q-1;+1. The normalized spacial score (nSPS) is 14.7. The molecule has 77 heavy (non-hydrogen) atoms. The Morgan fingerprint density at radius 1 is 0.403 bits per heavy atom. The van der Waals surface area contributed by atoms with Crippen molar-refractivity contribution in [2.24, 2.45) is 5.92 Å². The lowest BCUT2D eigenvalue weighted by molar-refractivity contribution is -0.145. The second-order valence-corrected chi connectivity index (χ2v) is 19.8. The summed E-state index contributed by atoms with van der Waals surface area (Å²) in [5.41, 5.74) is -29.1. The van der Waals surface area contributed by atoms with Crippen molar-refractivity contribution in [3.63, 3.8) is 0 Å². The van der Waals surface area contributed by atoms with Gasteiger partial charge in [-0.1, -0.05) is 67.8 Å². The van der Waals surface area contributed by atoms with E-state index in [1.54, 1.807) is 0 Å². The van der Waals surface area contributed by atoms with Gasteiger partial charge in [0.2, 0.25) is 0 Å². The van der Waals surface area contributed by atoms with E-state index >= 15 is 0 Å². The molecule has 0 bridgehead atoms. The minimum atomic E-state index is -6.13. The van der Waals surface area contributed by atoms with Crippen LogP contribution >= 0.6 is 0 Å². The molecule has 1 fully saturated rings. The van der Waals surface area contributed by atoms with E-state index in [1.807, 2.05) is 0 Å². The molecule has 4 nitrogen and oxygen atoms in total. The van der Waals surface area contributed by atoms with Gasteiger partial charge in [0.1, 0.15) is 17.5 Å². The molecule has 0 aromatic heterocycles. The highest BCUT2D eigenvalue weighted by atomic mass is 32.2. The highest BCUT2D eigenvalue weighted by Crippen LogP contribution is 2.42. The maximum absolute atomic E-state index is 14.2. The zero-order valence-electron chi connectivity index (χ0n) is 39.4. The Hall–Kier alpha value is -5.71. The van der Waals surface area contributed by atoms with Gasteiger partial charge < -0.3 is 9.47 Å². The van der Waals surface area contributed by atoms with Gasteiger partial charge in [0, 0.05) is 5.57 Å². The minimum absolute atomic E-state index is 0.122. The first-order chi connectivity index (χ1) is 34.8. The van der Waals surface area contributed by atoms with E-state index in [9.17, 15) is 115 Å². The largest absolute Gasteiger partial charge is 0.465 e. The van der Waals surface area contributed by atoms with Crippen LogP contribution < -0.4 is 21.9 Å². The van der Waals surface area contributed by atoms with Crippen LogP contribution in [0.3, 0.4) is 0 Å². The molecule has 0 unspecified atom stereocenters. The number of rotatable bonds is 9. The SMILES string of the molecule is COC(=O)C(C(=O)OC)=C(C[S+](C)C)C1CCCCC1.FC(F)(F)c1cc([B-](c2cc(C(F)(F)F)cc(C(F)(F)F)c2)(c2cc(C(F)(F)F)cc(C(F)(F)F)c2)c2cc(C(F)(F)F)cc(C(F)(F)F)c2)cc(C(F)(F)F)c1. The lowest BCUT2D eigenvalue weighted by Gasteiger charge is -2.46. The molecule has 1 aliphatic rings. The third-order valence-electron chi connectivity index (χ3n) is 12.1. The molecule has 30 heteroatoms. The molecule has 426 valence electrons. The average molecular weight is 1160 g/mol. The van der Waals surface area contributed by atoms with Gasteiger partial charge in [-0.25, -0.2) is 9.59 Å². The molecule has 0 aliphatic heterocycles. The van der Waals surface area contributed by atoms with E-state index in [0.717, 1.165) is 37.0 Å². The Morgan fingerprint density at radius 2 is 0.610 bits per heavy atom. The van der Waals surface area contributed by atoms with Gasteiger partial charge in [0.15, 0.2) is 0 Å². The van der Waals surface area contributed by atoms with Crippen molar-refractivity contribution in [3.8, 4) is 0 Å². The van der Waals surface area contributed by atoms with Crippen LogP contribution in [0, 0.1) is 5.92 Å². The van der Waals surface area contributed by atoms with Crippen LogP contribution in [0.2, 0.25) is 0 Å². The fourth-order valence-corrected chi connectivity index (χ4v) is 9.78. The second kappa shape index (κ2) is 22.6. The van der Waals surface area contributed by atoms with Gasteiger partial charge in [0.25, 0.3) is 0 Å². The molecule has 5 rings (SSSR count). The highest BCUT2D eigenvalue weighted by Gasteiger charge is 2.47. The highest BCUT2D eigenvalue weighted by molar-refractivity contribution is 7.95. The Bertz CT molecular complexity index is 2350. The molecule has 0 N–H and O–H groups in total. The number of hydrogen-bond donors (Lipinski definition) is 0. The van der Waals surface area contributed by atoms with E-state index in [-0.39, 0.29) is 16.5 Å². The lowest BCUT2D eigenvalue weighted by atomic mass is 9.12. The Morgan fingerprint density at radius 3 is 0.779 bits per heavy atom. The van der Waals surface area contributed by atoms with Crippen molar-refractivity contribution in [1.82, 2.24) is 0 Å². The maximum Gasteiger partial charge on any atom is 0.416 e. The number of carbonyl (C=O) groups is 2. The van der Waals surface area contributed by atoms with Gasteiger partial charge in [-0.05, 0) is 53.9 Å². The van der Waals surface area contributed by atoms with Crippen molar-refractivity contribution in [3.05, 3.63) is 128 Å². The van der Waals surface area contributed by atoms with Crippen LogP contribution in [0.15, 0.2) is 83.9 Å². The summed E-state index contributed by atoms with van der Waals surface area (Å²) in [6.07, 6.45) is -44.9. The minimum Gasteiger partial charge on any atom is -0.465 e. The molecule has 0 saturated heterocycles. The van der Waals surface area contributed by atoms with Crippen molar-refractivity contribution in [2.75, 3.05) is 32.5 Å². The van der Waals surface area contributed by atoms with Crippen LogP contribution in [0.5, 0.6) is 0 Å². The number of benzene rings is 4. The zero-order chi connectivity index (χ0) is 59.0. The van der Waals surface area contributed by atoms with Crippen LogP contribution in [0.4, 0.5) is 105 Å². The topological polar surface area (TPSA) is 52.6 Å². The molecule has 0 amide bonds. The molecule has 1 saturated carbocycles. The number of alkyl halides is 24. The predicted octanol–water partition coefficient (Wildman–Crippen LogP) is 13.3. The summed E-state index contributed by atoms with van der Waals surface area (Å²) in [6, 6.07) is -8.81. The fraction of sp³-hybridized carbons (Fsp3) is 0.404. The number of carbonyl (C=O) groups excluding carboxylic acids is 2. The van der Waals surface area contributed by atoms with Crippen LogP contribution in [-0.4, -0.2) is 50.6 Å². The summed E-state index contributed by atoms with van der Waals surface area (Å²) in [5.74, 6) is -0.0536. The molecule has 1 aliphatic carbocycles. The summed E-state index contributed by atoms with van der Waals surface area (Å²) in [5, 5.41) is 0. The van der Waals surface area contributed by atoms with Crippen molar-refractivity contribution >= 4 is 50.8 Å². The zero-order valence-corrected chi connectivity index (χ0v) is 40.3. The average Bonchev–Trinajstić information content (AvgIpc) is 3.29. The quantitative estimate of drug-likeness (QED) is 0.0319. The summed E-state index contributed by atoms with van der Waals surface area (Å²) in [4.78, 5) is 24.0. The lowest BCUT2D eigenvalue weighted by Crippen LogP contribution is -2.75. The van der Waals surface area contributed by atoms with E-state index < -0.39 is 207 Å². The van der Waals surface area contributed by atoms with Crippen LogP contribution in [0.1, 0.15) is 76.6 Å². The Kier molecular flexibility index (Phi) is 18.7. The van der Waals surface area contributed by atoms with Gasteiger partial charge in [-0.2, -0.15) is 127 Å². The van der Waals surface area contributed by atoms with Gasteiger partial charge in [0.05, 0.1) is 71.2 Å². The smallest absolute Gasteiger partial charge is 0.416 e. The van der Waals surface area contributed by atoms with Crippen LogP contribution in [-0.2, 0) is 79.4 Å². The molecule has 4 aromatic rings. The molecule has 0 spiro atoms. The van der Waals surface area contributed by atoms with Gasteiger partial charge >= 0.3 is 61.3 Å². The number of ether oxygens (including phenoxy) is 2. The number of hydrogen-bond acceptors (Lipinski definition) is 4. The number of methoxy groups -OCH3 is 2. The van der Waals surface area contributed by atoms with E-state index in [1.165, 1.54) is 20.6 Å². The second-order valence-electron chi connectivity index (χ2n) is 17.6. The Balaban J connectivity index is 0.000000536.